The predicted octanol–water partition coefficient (Wildman–Crippen LogP) is 0.627. The first-order valence-electron chi connectivity index (χ1n) is 4.29. The summed E-state index contributed by atoms with van der Waals surface area (Å²) in [6.07, 6.45) is 1.88. The van der Waals surface area contributed by atoms with Crippen LogP contribution in [-0.4, -0.2) is 26.0 Å². The van der Waals surface area contributed by atoms with Gasteiger partial charge in [0.05, 0.1) is 6.33 Å². The molecule has 5 nitrogen and oxygen atoms in total. The Kier molecular flexibility index (Phi) is 2.70. The Labute approximate surface area is 89.9 Å². The minimum Gasteiger partial charge on any atom is -0.312 e. The van der Waals surface area contributed by atoms with Crippen LogP contribution in [0.4, 0.5) is 0 Å². The monoisotopic (exact) mass is 222 g/mol. The molecule has 15 heavy (non-hydrogen) atoms. The Morgan fingerprint density at radius 1 is 1.53 bits per heavy atom. The van der Waals surface area contributed by atoms with Crippen LogP contribution in [-0.2, 0) is 0 Å². The van der Waals surface area contributed by atoms with Crippen LogP contribution in [0.3, 0.4) is 0 Å². The number of aromatic amines is 2. The van der Waals surface area contributed by atoms with Crippen LogP contribution < -0.4 is 5.56 Å². The van der Waals surface area contributed by atoms with Gasteiger partial charge in [-0.1, -0.05) is 5.92 Å². The average molecular weight is 223 g/mol. The molecule has 0 aliphatic heterocycles. The van der Waals surface area contributed by atoms with Gasteiger partial charge in [0.15, 0.2) is 5.65 Å². The first-order chi connectivity index (χ1) is 7.33. The van der Waals surface area contributed by atoms with Crippen molar-refractivity contribution in [3.63, 3.8) is 0 Å². The van der Waals surface area contributed by atoms with E-state index in [9.17, 15) is 4.79 Å². The van der Waals surface area contributed by atoms with Crippen LogP contribution in [0.2, 0.25) is 0 Å². The molecule has 0 radical (unpaired) electrons. The van der Waals surface area contributed by atoms with Gasteiger partial charge in [-0.3, -0.25) is 9.89 Å². The molecular formula is C9H7ClN4O. The topological polar surface area (TPSA) is 74.4 Å². The molecule has 0 bridgehead atoms. The molecule has 2 heterocycles. The summed E-state index contributed by atoms with van der Waals surface area (Å²) in [4.78, 5) is 17.8. The molecular weight excluding hydrogens is 216 g/mol. The van der Waals surface area contributed by atoms with Gasteiger partial charge in [-0.15, -0.1) is 11.6 Å². The molecule has 2 rings (SSSR count). The van der Waals surface area contributed by atoms with E-state index in [1.54, 1.807) is 0 Å². The highest BCUT2D eigenvalue weighted by molar-refractivity contribution is 6.18. The minimum atomic E-state index is -0.246. The summed E-state index contributed by atoms with van der Waals surface area (Å²) < 4.78 is 0. The lowest BCUT2D eigenvalue weighted by Crippen LogP contribution is -2.05. The molecule has 2 aromatic heterocycles. The van der Waals surface area contributed by atoms with Crippen molar-refractivity contribution in [1.82, 2.24) is 20.2 Å². The second-order valence-corrected chi connectivity index (χ2v) is 3.15. The van der Waals surface area contributed by atoms with E-state index in [1.165, 1.54) is 6.33 Å². The zero-order valence-electron chi connectivity index (χ0n) is 7.67. The fraction of sp³-hybridized carbons (Fsp3) is 0.222. The van der Waals surface area contributed by atoms with Crippen molar-refractivity contribution in [2.45, 2.75) is 6.42 Å². The second kappa shape index (κ2) is 4.15. The van der Waals surface area contributed by atoms with Crippen LogP contribution in [0.1, 0.15) is 12.1 Å². The summed E-state index contributed by atoms with van der Waals surface area (Å²) in [5, 5.41) is 6.92. The van der Waals surface area contributed by atoms with Crippen molar-refractivity contribution in [1.29, 1.82) is 0 Å². The summed E-state index contributed by atoms with van der Waals surface area (Å²) in [7, 11) is 0. The van der Waals surface area contributed by atoms with Crippen LogP contribution in [0.5, 0.6) is 0 Å². The van der Waals surface area contributed by atoms with Crippen molar-refractivity contribution in [3.05, 3.63) is 22.4 Å². The highest BCUT2D eigenvalue weighted by atomic mass is 35.5. The maximum absolute atomic E-state index is 11.4. The maximum Gasteiger partial charge on any atom is 0.263 e. The lowest BCUT2D eigenvalue weighted by atomic mass is 10.3. The normalized spacial score (nSPS) is 9.93. The molecule has 0 spiro atoms. The predicted molar refractivity (Wildman–Crippen MR) is 56.7 cm³/mol. The summed E-state index contributed by atoms with van der Waals surface area (Å²) in [6.45, 7) is 0. The lowest BCUT2D eigenvalue weighted by molar-refractivity contribution is 1.07. The van der Waals surface area contributed by atoms with Crippen LogP contribution in [0.25, 0.3) is 11.0 Å². The molecule has 6 heteroatoms. The number of hydrogen-bond donors (Lipinski definition) is 2. The van der Waals surface area contributed by atoms with Gasteiger partial charge in [0.2, 0.25) is 0 Å². The molecule has 0 aliphatic rings. The molecule has 76 valence electrons. The van der Waals surface area contributed by atoms with Crippen molar-refractivity contribution in [2.75, 3.05) is 5.88 Å². The number of nitrogens with one attached hydrogen (secondary N) is 2. The molecule has 2 aromatic rings. The van der Waals surface area contributed by atoms with Crippen molar-refractivity contribution in [3.8, 4) is 11.8 Å². The number of halogens is 1. The highest BCUT2D eigenvalue weighted by Crippen LogP contribution is 2.05. The van der Waals surface area contributed by atoms with Crippen molar-refractivity contribution < 1.29 is 0 Å². The average Bonchev–Trinajstić information content (AvgIpc) is 2.63. The van der Waals surface area contributed by atoms with Gasteiger partial charge in [0.1, 0.15) is 11.1 Å². The summed E-state index contributed by atoms with van der Waals surface area (Å²) >= 11 is 5.48. The van der Waals surface area contributed by atoms with Gasteiger partial charge in [0.25, 0.3) is 5.56 Å². The molecule has 0 saturated carbocycles. The van der Waals surface area contributed by atoms with Gasteiger partial charge in [0, 0.05) is 12.3 Å². The Bertz CT molecular complexity index is 589. The van der Waals surface area contributed by atoms with E-state index >= 15 is 0 Å². The molecule has 0 aromatic carbocycles. The van der Waals surface area contributed by atoms with Gasteiger partial charge >= 0.3 is 0 Å². The third-order valence-electron chi connectivity index (χ3n) is 1.79. The van der Waals surface area contributed by atoms with Crippen molar-refractivity contribution >= 4 is 22.6 Å². The summed E-state index contributed by atoms with van der Waals surface area (Å²) in [5.74, 6) is 6.09. The van der Waals surface area contributed by atoms with Crippen molar-refractivity contribution in [2.24, 2.45) is 0 Å². The Hall–Kier alpha value is -1.80. The molecule has 0 atom stereocenters. The highest BCUT2D eigenvalue weighted by Gasteiger charge is 2.07. The van der Waals surface area contributed by atoms with E-state index in [1.807, 2.05) is 0 Å². The number of alkyl halides is 1. The standard InChI is InChI=1S/C9H7ClN4O/c10-4-2-1-3-6-7-8(14-13-6)11-5-12-9(7)15/h5H,2,4H2,(H2,11,12,13,14,15). The summed E-state index contributed by atoms with van der Waals surface area (Å²) in [5.41, 5.74) is 0.599. The third-order valence-corrected chi connectivity index (χ3v) is 1.98. The van der Waals surface area contributed by atoms with Crippen LogP contribution in [0, 0.1) is 11.8 Å². The summed E-state index contributed by atoms with van der Waals surface area (Å²) in [6, 6.07) is 0. The zero-order chi connectivity index (χ0) is 10.7. The molecule has 0 fully saturated rings. The maximum atomic E-state index is 11.4. The van der Waals surface area contributed by atoms with E-state index in [-0.39, 0.29) is 5.56 Å². The number of fused-ring (bicyclic) bond motifs is 1. The second-order valence-electron chi connectivity index (χ2n) is 2.77. The number of H-pyrrole nitrogens is 2. The van der Waals surface area contributed by atoms with E-state index in [0.29, 0.717) is 29.0 Å². The Balaban J connectivity index is 2.55. The first-order valence-corrected chi connectivity index (χ1v) is 4.83. The lowest BCUT2D eigenvalue weighted by Gasteiger charge is -1.85. The minimum absolute atomic E-state index is 0.246. The number of hydrogen-bond acceptors (Lipinski definition) is 3. The molecule has 0 unspecified atom stereocenters. The van der Waals surface area contributed by atoms with Gasteiger partial charge in [-0.25, -0.2) is 4.98 Å². The number of nitrogens with zero attached hydrogens (tertiary/aromatic N) is 2. The SMILES string of the molecule is O=c1[nH]cnc2n[nH]c(C#CCCCl)c12. The van der Waals surface area contributed by atoms with Crippen LogP contribution >= 0.6 is 11.6 Å². The Morgan fingerprint density at radius 3 is 3.20 bits per heavy atom. The largest absolute Gasteiger partial charge is 0.312 e. The fourth-order valence-corrected chi connectivity index (χ4v) is 1.25. The van der Waals surface area contributed by atoms with Gasteiger partial charge < -0.3 is 4.98 Å². The smallest absolute Gasteiger partial charge is 0.263 e. The van der Waals surface area contributed by atoms with E-state index in [4.69, 9.17) is 11.6 Å². The zero-order valence-corrected chi connectivity index (χ0v) is 8.43. The third kappa shape index (κ3) is 1.85. The Morgan fingerprint density at radius 2 is 2.40 bits per heavy atom. The van der Waals surface area contributed by atoms with E-state index in [0.717, 1.165) is 0 Å². The van der Waals surface area contributed by atoms with Crippen LogP contribution in [0.15, 0.2) is 11.1 Å². The fourth-order valence-electron chi connectivity index (χ4n) is 1.15. The van der Waals surface area contributed by atoms with E-state index < -0.39 is 0 Å². The number of rotatable bonds is 1. The molecule has 0 amide bonds. The quantitative estimate of drug-likeness (QED) is 0.549. The number of aromatic nitrogens is 4. The van der Waals surface area contributed by atoms with E-state index in [2.05, 4.69) is 32.0 Å². The molecule has 0 aliphatic carbocycles. The molecule has 2 N–H and O–H groups in total. The molecule has 0 saturated heterocycles. The van der Waals surface area contributed by atoms with Gasteiger partial charge in [-0.2, -0.15) is 5.10 Å². The van der Waals surface area contributed by atoms with Gasteiger partial charge in [-0.05, 0) is 5.92 Å². The first kappa shape index (κ1) is 9.74.